The summed E-state index contributed by atoms with van der Waals surface area (Å²) in [4.78, 5) is 21.0. The molecule has 1 atom stereocenters. The third kappa shape index (κ3) is 7.71. The molecule has 1 amide bonds. The quantitative estimate of drug-likeness (QED) is 0.291. The maximum atomic E-state index is 12.1. The van der Waals surface area contributed by atoms with Gasteiger partial charge in [-0.1, -0.05) is 43.3 Å². The molecule has 7 heteroatoms. The van der Waals surface area contributed by atoms with E-state index in [-0.39, 0.29) is 29.9 Å². The maximum Gasteiger partial charge on any atom is 0.253 e. The minimum atomic E-state index is 0. The van der Waals surface area contributed by atoms with E-state index in [1.54, 1.807) is 19.0 Å². The van der Waals surface area contributed by atoms with Crippen molar-refractivity contribution >= 4 is 35.8 Å². The van der Waals surface area contributed by atoms with Crippen molar-refractivity contribution in [1.82, 2.24) is 20.4 Å². The number of hydrogen-bond acceptors (Lipinski definition) is 3. The Morgan fingerprint density at radius 1 is 1.06 bits per heavy atom. The van der Waals surface area contributed by atoms with Crippen molar-refractivity contribution < 1.29 is 4.79 Å². The monoisotopic (exact) mass is 563 g/mol. The van der Waals surface area contributed by atoms with Crippen LogP contribution in [0.15, 0.2) is 53.5 Å². The van der Waals surface area contributed by atoms with Crippen LogP contribution in [0, 0.1) is 0 Å². The average Bonchev–Trinajstić information content (AvgIpc) is 2.82. The van der Waals surface area contributed by atoms with Gasteiger partial charge in [0.05, 0.1) is 6.54 Å². The molecule has 0 aromatic heterocycles. The second kappa shape index (κ2) is 13.5. The SMILES string of the molecule is CCNC(=NCc1ccc(C(=O)N(C)C)cc1)NCC(CC)N1CCc2ccccc2C1.I. The molecule has 0 radical (unpaired) electrons. The van der Waals surface area contributed by atoms with Crippen LogP contribution in [0.3, 0.4) is 0 Å². The van der Waals surface area contributed by atoms with Gasteiger partial charge in [0.15, 0.2) is 5.96 Å². The van der Waals surface area contributed by atoms with Crippen LogP contribution in [0.1, 0.15) is 47.3 Å². The largest absolute Gasteiger partial charge is 0.357 e. The van der Waals surface area contributed by atoms with Crippen LogP contribution in [0.5, 0.6) is 0 Å². The highest BCUT2D eigenvalue weighted by atomic mass is 127. The summed E-state index contributed by atoms with van der Waals surface area (Å²) in [6.07, 6.45) is 2.21. The molecule has 1 aliphatic heterocycles. The fourth-order valence-electron chi connectivity index (χ4n) is 4.10. The molecule has 0 saturated heterocycles. The van der Waals surface area contributed by atoms with Gasteiger partial charge < -0.3 is 15.5 Å². The average molecular weight is 564 g/mol. The van der Waals surface area contributed by atoms with E-state index in [2.05, 4.69) is 53.6 Å². The van der Waals surface area contributed by atoms with Crippen molar-refractivity contribution in [2.75, 3.05) is 33.7 Å². The number of amides is 1. The Kier molecular flexibility index (Phi) is 11.1. The van der Waals surface area contributed by atoms with Crippen LogP contribution in [-0.2, 0) is 19.5 Å². The number of carbonyl (C=O) groups is 1. The van der Waals surface area contributed by atoms with E-state index in [0.717, 1.165) is 50.5 Å². The lowest BCUT2D eigenvalue weighted by atomic mass is 9.98. The van der Waals surface area contributed by atoms with Gasteiger partial charge >= 0.3 is 0 Å². The Bertz CT molecular complexity index is 913. The van der Waals surface area contributed by atoms with Gasteiger partial charge in [0.1, 0.15) is 0 Å². The Labute approximate surface area is 215 Å². The van der Waals surface area contributed by atoms with Crippen LogP contribution in [0.4, 0.5) is 0 Å². The maximum absolute atomic E-state index is 12.1. The molecule has 0 spiro atoms. The Morgan fingerprint density at radius 2 is 1.76 bits per heavy atom. The summed E-state index contributed by atoms with van der Waals surface area (Å²) >= 11 is 0. The first-order chi connectivity index (χ1) is 15.5. The minimum Gasteiger partial charge on any atom is -0.357 e. The number of guanidine groups is 1. The van der Waals surface area contributed by atoms with Crippen molar-refractivity contribution in [3.8, 4) is 0 Å². The molecule has 6 nitrogen and oxygen atoms in total. The van der Waals surface area contributed by atoms with Gasteiger partial charge in [0.2, 0.25) is 0 Å². The summed E-state index contributed by atoms with van der Waals surface area (Å²) in [5.74, 6) is 0.845. The molecule has 2 N–H and O–H groups in total. The van der Waals surface area contributed by atoms with Crippen molar-refractivity contribution in [2.45, 2.75) is 45.8 Å². The number of fused-ring (bicyclic) bond motifs is 1. The van der Waals surface area contributed by atoms with Crippen molar-refractivity contribution in [3.63, 3.8) is 0 Å². The highest BCUT2D eigenvalue weighted by molar-refractivity contribution is 14.0. The Hall–Kier alpha value is -2.13. The van der Waals surface area contributed by atoms with E-state index in [4.69, 9.17) is 4.99 Å². The molecule has 1 aliphatic rings. The molecule has 0 saturated carbocycles. The zero-order chi connectivity index (χ0) is 22.9. The Morgan fingerprint density at radius 3 is 2.39 bits per heavy atom. The molecule has 0 aliphatic carbocycles. The van der Waals surface area contributed by atoms with Gasteiger partial charge in [0, 0.05) is 51.9 Å². The molecule has 2 aromatic carbocycles. The van der Waals surface area contributed by atoms with Gasteiger partial charge in [-0.3, -0.25) is 9.69 Å². The van der Waals surface area contributed by atoms with Gasteiger partial charge in [-0.2, -0.15) is 0 Å². The summed E-state index contributed by atoms with van der Waals surface area (Å²) < 4.78 is 0. The second-order valence-electron chi connectivity index (χ2n) is 8.52. The number of nitrogens with zero attached hydrogens (tertiary/aromatic N) is 3. The summed E-state index contributed by atoms with van der Waals surface area (Å²) in [6.45, 7) is 8.70. The highest BCUT2D eigenvalue weighted by Gasteiger charge is 2.22. The lowest BCUT2D eigenvalue weighted by molar-refractivity contribution is 0.0827. The molecule has 0 bridgehead atoms. The topological polar surface area (TPSA) is 60.0 Å². The molecule has 33 heavy (non-hydrogen) atoms. The molecule has 1 unspecified atom stereocenters. The number of benzene rings is 2. The van der Waals surface area contributed by atoms with E-state index in [9.17, 15) is 4.79 Å². The fourth-order valence-corrected chi connectivity index (χ4v) is 4.10. The molecule has 2 aromatic rings. The molecule has 3 rings (SSSR count). The standard InChI is InChI=1S/C26H37N5O.HI/c1-5-24(31-16-15-21-9-7-8-10-23(21)19-31)18-29-26(27-6-2)28-17-20-11-13-22(14-12-20)25(32)30(3)4;/h7-14,24H,5-6,15-19H2,1-4H3,(H2,27,28,29);1H. The lowest BCUT2D eigenvalue weighted by Gasteiger charge is -2.35. The minimum absolute atomic E-state index is 0. The first-order valence-corrected chi connectivity index (χ1v) is 11.6. The van der Waals surface area contributed by atoms with Crippen LogP contribution >= 0.6 is 24.0 Å². The summed E-state index contributed by atoms with van der Waals surface area (Å²) in [5, 5.41) is 6.90. The number of hydrogen-bond donors (Lipinski definition) is 2. The summed E-state index contributed by atoms with van der Waals surface area (Å²) in [6, 6.07) is 16.9. The smallest absolute Gasteiger partial charge is 0.253 e. The van der Waals surface area contributed by atoms with Crippen molar-refractivity contribution in [2.24, 2.45) is 4.99 Å². The second-order valence-corrected chi connectivity index (χ2v) is 8.52. The van der Waals surface area contributed by atoms with E-state index in [0.29, 0.717) is 18.2 Å². The van der Waals surface area contributed by atoms with E-state index >= 15 is 0 Å². The van der Waals surface area contributed by atoms with Crippen LogP contribution < -0.4 is 10.6 Å². The van der Waals surface area contributed by atoms with E-state index in [1.807, 2.05) is 24.3 Å². The summed E-state index contributed by atoms with van der Waals surface area (Å²) in [5.41, 5.74) is 4.72. The van der Waals surface area contributed by atoms with Crippen LogP contribution in [-0.4, -0.2) is 61.4 Å². The molecule has 1 heterocycles. The van der Waals surface area contributed by atoms with Crippen molar-refractivity contribution in [3.05, 3.63) is 70.8 Å². The number of rotatable bonds is 8. The molecular formula is C26H38IN5O. The number of nitrogens with one attached hydrogen (secondary N) is 2. The third-order valence-electron chi connectivity index (χ3n) is 6.02. The number of aliphatic imine (C=N–C) groups is 1. The van der Waals surface area contributed by atoms with Gasteiger partial charge in [-0.05, 0) is 48.6 Å². The van der Waals surface area contributed by atoms with Gasteiger partial charge in [-0.15, -0.1) is 24.0 Å². The first kappa shape index (κ1) is 27.1. The predicted octanol–water partition coefficient (Wildman–Crippen LogP) is 3.90. The zero-order valence-electron chi connectivity index (χ0n) is 20.3. The Balaban J connectivity index is 0.00000385. The van der Waals surface area contributed by atoms with Crippen LogP contribution in [0.2, 0.25) is 0 Å². The molecular weight excluding hydrogens is 525 g/mol. The summed E-state index contributed by atoms with van der Waals surface area (Å²) in [7, 11) is 3.53. The van der Waals surface area contributed by atoms with E-state index < -0.39 is 0 Å². The molecule has 180 valence electrons. The van der Waals surface area contributed by atoms with Crippen LogP contribution in [0.25, 0.3) is 0 Å². The van der Waals surface area contributed by atoms with E-state index in [1.165, 1.54) is 11.1 Å². The lowest BCUT2D eigenvalue weighted by Crippen LogP contribution is -2.48. The predicted molar refractivity (Wildman–Crippen MR) is 147 cm³/mol. The fraction of sp³-hybridized carbons (Fsp3) is 0.462. The zero-order valence-corrected chi connectivity index (χ0v) is 22.6. The number of halogens is 1. The van der Waals surface area contributed by atoms with Crippen molar-refractivity contribution in [1.29, 1.82) is 0 Å². The third-order valence-corrected chi connectivity index (χ3v) is 6.02. The highest BCUT2D eigenvalue weighted by Crippen LogP contribution is 2.21. The number of carbonyl (C=O) groups excluding carboxylic acids is 1. The normalized spacial score (nSPS) is 14.6. The van der Waals surface area contributed by atoms with Gasteiger partial charge in [-0.25, -0.2) is 4.99 Å². The molecule has 0 fully saturated rings. The van der Waals surface area contributed by atoms with Gasteiger partial charge in [0.25, 0.3) is 5.91 Å². The first-order valence-electron chi connectivity index (χ1n) is 11.6.